The lowest BCUT2D eigenvalue weighted by Gasteiger charge is -2.36. The zero-order valence-corrected chi connectivity index (χ0v) is 20.1. The largest absolute Gasteiger partial charge is 0.450 e. The number of carbonyl (C=O) groups is 2. The molecule has 0 atom stereocenters. The summed E-state index contributed by atoms with van der Waals surface area (Å²) in [7, 11) is 0. The predicted molar refractivity (Wildman–Crippen MR) is 130 cm³/mol. The van der Waals surface area contributed by atoms with Gasteiger partial charge in [-0.25, -0.2) is 9.59 Å². The maximum atomic E-state index is 12.8. The van der Waals surface area contributed by atoms with E-state index in [9.17, 15) is 9.59 Å². The van der Waals surface area contributed by atoms with Gasteiger partial charge in [0.25, 0.3) is 0 Å². The minimum Gasteiger partial charge on any atom is -0.450 e. The lowest BCUT2D eigenvalue weighted by Crippen LogP contribution is -2.52. The Labute approximate surface area is 198 Å². The van der Waals surface area contributed by atoms with Crippen LogP contribution >= 0.6 is 0 Å². The minimum atomic E-state index is -0.254. The highest BCUT2D eigenvalue weighted by Gasteiger charge is 2.28. The molecule has 2 fully saturated rings. The molecule has 0 aromatic heterocycles. The zero-order chi connectivity index (χ0) is 23.5. The molecule has 1 N–H and O–H groups in total. The van der Waals surface area contributed by atoms with Gasteiger partial charge in [0.15, 0.2) is 0 Å². The normalized spacial score (nSPS) is 17.4. The van der Waals surface area contributed by atoms with Gasteiger partial charge in [-0.05, 0) is 51.0 Å². The van der Waals surface area contributed by atoms with Crippen molar-refractivity contribution in [1.29, 1.82) is 0 Å². The van der Waals surface area contributed by atoms with Gasteiger partial charge in [-0.15, -0.1) is 5.92 Å². The number of ether oxygens (including phenoxy) is 1. The van der Waals surface area contributed by atoms with Crippen LogP contribution in [0.2, 0.25) is 0 Å². The van der Waals surface area contributed by atoms with Crippen LogP contribution in [0.25, 0.3) is 0 Å². The summed E-state index contributed by atoms with van der Waals surface area (Å²) in [6, 6.07) is 10.7. The van der Waals surface area contributed by atoms with E-state index in [0.717, 1.165) is 58.4 Å². The number of benzene rings is 1. The average molecular weight is 455 g/mol. The molecule has 2 heterocycles. The van der Waals surface area contributed by atoms with Gasteiger partial charge in [0.2, 0.25) is 0 Å². The van der Waals surface area contributed by atoms with Crippen molar-refractivity contribution in [3.63, 3.8) is 0 Å². The summed E-state index contributed by atoms with van der Waals surface area (Å²) in [4.78, 5) is 30.7. The summed E-state index contributed by atoms with van der Waals surface area (Å²) in [5.41, 5.74) is 1.31. The highest BCUT2D eigenvalue weighted by Crippen LogP contribution is 2.20. The van der Waals surface area contributed by atoms with Crippen LogP contribution in [-0.2, 0) is 11.3 Å². The van der Waals surface area contributed by atoms with Crippen molar-refractivity contribution in [2.24, 2.45) is 5.92 Å². The molecular formula is C26H38N4O3. The molecule has 33 heavy (non-hydrogen) atoms. The first-order valence-corrected chi connectivity index (χ1v) is 12.2. The van der Waals surface area contributed by atoms with Gasteiger partial charge in [-0.2, -0.15) is 0 Å². The van der Waals surface area contributed by atoms with Crippen LogP contribution in [0, 0.1) is 17.8 Å². The van der Waals surface area contributed by atoms with Crippen LogP contribution in [0.3, 0.4) is 0 Å². The molecule has 1 aromatic carbocycles. The van der Waals surface area contributed by atoms with Crippen LogP contribution < -0.4 is 5.32 Å². The summed E-state index contributed by atoms with van der Waals surface area (Å²) < 4.78 is 5.07. The van der Waals surface area contributed by atoms with Crippen molar-refractivity contribution in [3.05, 3.63) is 35.9 Å². The van der Waals surface area contributed by atoms with Gasteiger partial charge in [-0.1, -0.05) is 36.3 Å². The first kappa shape index (κ1) is 24.9. The summed E-state index contributed by atoms with van der Waals surface area (Å²) in [6.07, 6.45) is 3.32. The van der Waals surface area contributed by atoms with E-state index >= 15 is 0 Å². The highest BCUT2D eigenvalue weighted by atomic mass is 16.6. The molecule has 3 rings (SSSR count). The van der Waals surface area contributed by atoms with Crippen molar-refractivity contribution in [2.75, 3.05) is 45.9 Å². The minimum absolute atomic E-state index is 0.0287. The van der Waals surface area contributed by atoms with Crippen molar-refractivity contribution in [1.82, 2.24) is 20.0 Å². The first-order valence-electron chi connectivity index (χ1n) is 12.2. The van der Waals surface area contributed by atoms with Gasteiger partial charge in [0.1, 0.15) is 0 Å². The number of likely N-dealkylation sites (tertiary alicyclic amines) is 2. The van der Waals surface area contributed by atoms with Crippen molar-refractivity contribution in [2.45, 2.75) is 52.1 Å². The van der Waals surface area contributed by atoms with Crippen LogP contribution in [-0.4, -0.2) is 78.7 Å². The number of piperidine rings is 2. The van der Waals surface area contributed by atoms with Gasteiger partial charge < -0.3 is 19.9 Å². The van der Waals surface area contributed by atoms with E-state index in [-0.39, 0.29) is 18.2 Å². The second-order valence-corrected chi connectivity index (χ2v) is 8.92. The fourth-order valence-electron chi connectivity index (χ4n) is 4.59. The van der Waals surface area contributed by atoms with Gasteiger partial charge >= 0.3 is 12.1 Å². The number of nitrogens with one attached hydrogen (secondary N) is 1. The van der Waals surface area contributed by atoms with Crippen LogP contribution in [0.15, 0.2) is 30.3 Å². The number of urea groups is 1. The SMILES string of the molecule is CC#CCN(Cc1ccccc1)CC1CCN(C(=O)NC2CCN(C(=O)OCC)CC2)CC1. The Hall–Kier alpha value is -2.72. The van der Waals surface area contributed by atoms with Crippen molar-refractivity contribution in [3.8, 4) is 11.8 Å². The van der Waals surface area contributed by atoms with E-state index in [1.54, 1.807) is 4.90 Å². The molecule has 2 aliphatic rings. The molecule has 0 spiro atoms. The number of carbonyl (C=O) groups excluding carboxylic acids is 2. The molecule has 7 nitrogen and oxygen atoms in total. The van der Waals surface area contributed by atoms with Crippen LogP contribution in [0.4, 0.5) is 9.59 Å². The monoisotopic (exact) mass is 454 g/mol. The Morgan fingerprint density at radius 1 is 1.06 bits per heavy atom. The molecule has 0 unspecified atom stereocenters. The topological polar surface area (TPSA) is 65.1 Å². The van der Waals surface area contributed by atoms with E-state index in [4.69, 9.17) is 4.74 Å². The molecule has 0 bridgehead atoms. The molecule has 2 saturated heterocycles. The summed E-state index contributed by atoms with van der Waals surface area (Å²) in [5, 5.41) is 3.18. The molecule has 180 valence electrons. The molecular weight excluding hydrogens is 416 g/mol. The Bertz CT molecular complexity index is 804. The zero-order valence-electron chi connectivity index (χ0n) is 20.1. The van der Waals surface area contributed by atoms with E-state index in [1.807, 2.05) is 24.8 Å². The molecule has 0 saturated carbocycles. The average Bonchev–Trinajstić information content (AvgIpc) is 2.84. The van der Waals surface area contributed by atoms with Gasteiger partial charge in [0.05, 0.1) is 13.2 Å². The third kappa shape index (κ3) is 7.97. The smallest absolute Gasteiger partial charge is 0.409 e. The third-order valence-corrected chi connectivity index (χ3v) is 6.50. The Kier molecular flexibility index (Phi) is 9.89. The van der Waals surface area contributed by atoms with E-state index in [1.165, 1.54) is 5.56 Å². The number of hydrogen-bond acceptors (Lipinski definition) is 4. The van der Waals surface area contributed by atoms with Crippen molar-refractivity contribution < 1.29 is 14.3 Å². The maximum Gasteiger partial charge on any atom is 0.409 e. The molecule has 1 aromatic rings. The van der Waals surface area contributed by atoms with Gasteiger partial charge in [-0.3, -0.25) is 4.90 Å². The van der Waals surface area contributed by atoms with Crippen LogP contribution in [0.5, 0.6) is 0 Å². The summed E-state index contributed by atoms with van der Waals surface area (Å²) in [6.45, 7) is 9.61. The number of nitrogens with zero attached hydrogens (tertiary/aromatic N) is 3. The number of amides is 3. The summed E-state index contributed by atoms with van der Waals surface area (Å²) in [5.74, 6) is 6.81. The molecule has 0 radical (unpaired) electrons. The third-order valence-electron chi connectivity index (χ3n) is 6.50. The standard InChI is InChI=1S/C26H38N4O3/c1-3-5-15-28(20-22-9-7-6-8-10-22)21-23-11-16-29(17-12-23)25(31)27-24-13-18-30(19-14-24)26(32)33-4-2/h6-10,23-24H,4,11-21H2,1-2H3,(H,27,31). The fourth-order valence-corrected chi connectivity index (χ4v) is 4.59. The predicted octanol–water partition coefficient (Wildman–Crippen LogP) is 3.55. The van der Waals surface area contributed by atoms with E-state index < -0.39 is 0 Å². The molecule has 7 heteroatoms. The lowest BCUT2D eigenvalue weighted by molar-refractivity contribution is 0.0945. The van der Waals surface area contributed by atoms with Gasteiger partial charge in [0, 0.05) is 45.3 Å². The second-order valence-electron chi connectivity index (χ2n) is 8.92. The van der Waals surface area contributed by atoms with E-state index in [2.05, 4.69) is 46.3 Å². The lowest BCUT2D eigenvalue weighted by atomic mass is 9.96. The first-order chi connectivity index (χ1) is 16.1. The fraction of sp³-hybridized carbons (Fsp3) is 0.615. The maximum absolute atomic E-state index is 12.8. The Morgan fingerprint density at radius 2 is 1.73 bits per heavy atom. The molecule has 3 amide bonds. The Balaban J connectivity index is 1.40. The quantitative estimate of drug-likeness (QED) is 0.640. The number of hydrogen-bond donors (Lipinski definition) is 1. The highest BCUT2D eigenvalue weighted by molar-refractivity contribution is 5.74. The molecule has 0 aliphatic carbocycles. The second kappa shape index (κ2) is 13.1. The van der Waals surface area contributed by atoms with E-state index in [0.29, 0.717) is 25.6 Å². The molecule has 2 aliphatic heterocycles. The van der Waals surface area contributed by atoms with Crippen LogP contribution in [0.1, 0.15) is 45.1 Å². The van der Waals surface area contributed by atoms with Crippen molar-refractivity contribution >= 4 is 12.1 Å². The Morgan fingerprint density at radius 3 is 2.36 bits per heavy atom. The number of rotatable bonds is 7. The summed E-state index contributed by atoms with van der Waals surface area (Å²) >= 11 is 0.